The minimum Gasteiger partial charge on any atom is -0.459 e. The van der Waals surface area contributed by atoms with Gasteiger partial charge in [-0.15, -0.1) is 0 Å². The number of rotatable bonds is 9. The van der Waals surface area contributed by atoms with E-state index < -0.39 is 47.6 Å². The number of esters is 2. The highest BCUT2D eigenvalue weighted by atomic mass is 32.2. The number of hydrogen-bond acceptors (Lipinski definition) is 9. The molecule has 0 unspecified atom stereocenters. The van der Waals surface area contributed by atoms with Crippen LogP contribution in [0, 0.1) is 10.7 Å². The predicted octanol–water partition coefficient (Wildman–Crippen LogP) is 3.82. The molecule has 10 heteroatoms. The van der Waals surface area contributed by atoms with Crippen molar-refractivity contribution < 1.29 is 33.3 Å². The lowest BCUT2D eigenvalue weighted by Crippen LogP contribution is -2.65. The Labute approximate surface area is 230 Å². The second kappa shape index (κ2) is 13.6. The van der Waals surface area contributed by atoms with Gasteiger partial charge in [-0.05, 0) is 48.2 Å². The van der Waals surface area contributed by atoms with E-state index in [9.17, 15) is 19.6 Å². The average Bonchev–Trinajstić information content (AvgIpc) is 2.99. The zero-order valence-electron chi connectivity index (χ0n) is 21.0. The van der Waals surface area contributed by atoms with E-state index in [2.05, 4.69) is 5.32 Å². The SMILES string of the molecule is CO[C@H]1O[C@H](COC(=O)c2ccccc2)[C@H](SC#N)[C@H](OC(=O)c2ccccc2)[C@H]1NC(=O)c1ccccc1. The van der Waals surface area contributed by atoms with Crippen molar-refractivity contribution in [1.82, 2.24) is 5.32 Å². The first-order valence-electron chi connectivity index (χ1n) is 12.1. The van der Waals surface area contributed by atoms with E-state index in [4.69, 9.17) is 18.9 Å². The number of carbonyl (C=O) groups excluding carboxylic acids is 3. The maximum Gasteiger partial charge on any atom is 0.338 e. The van der Waals surface area contributed by atoms with Gasteiger partial charge in [-0.25, -0.2) is 9.59 Å². The molecular formula is C29H26N2O7S. The summed E-state index contributed by atoms with van der Waals surface area (Å²) in [4.78, 5) is 38.8. The van der Waals surface area contributed by atoms with Crippen LogP contribution < -0.4 is 5.32 Å². The molecule has 1 heterocycles. The van der Waals surface area contributed by atoms with Crippen molar-refractivity contribution in [2.45, 2.75) is 29.8 Å². The van der Waals surface area contributed by atoms with Gasteiger partial charge in [0.05, 0.1) is 16.4 Å². The summed E-state index contributed by atoms with van der Waals surface area (Å²) < 4.78 is 23.0. The molecule has 1 aliphatic heterocycles. The fourth-order valence-electron chi connectivity index (χ4n) is 4.14. The van der Waals surface area contributed by atoms with Gasteiger partial charge in [0.1, 0.15) is 30.3 Å². The van der Waals surface area contributed by atoms with Crippen LogP contribution >= 0.6 is 11.8 Å². The van der Waals surface area contributed by atoms with Gasteiger partial charge in [0.25, 0.3) is 5.91 Å². The van der Waals surface area contributed by atoms with Gasteiger partial charge < -0.3 is 24.3 Å². The molecule has 1 N–H and O–H groups in total. The van der Waals surface area contributed by atoms with Crippen LogP contribution in [0.1, 0.15) is 31.1 Å². The van der Waals surface area contributed by atoms with E-state index in [1.54, 1.807) is 91.0 Å². The molecule has 0 bridgehead atoms. The minimum absolute atomic E-state index is 0.244. The molecule has 0 saturated carbocycles. The highest BCUT2D eigenvalue weighted by Crippen LogP contribution is 2.33. The lowest BCUT2D eigenvalue weighted by Gasteiger charge is -2.44. The molecule has 9 nitrogen and oxygen atoms in total. The van der Waals surface area contributed by atoms with Gasteiger partial charge in [-0.2, -0.15) is 5.26 Å². The van der Waals surface area contributed by atoms with Crippen LogP contribution in [-0.2, 0) is 18.9 Å². The third-order valence-corrected chi connectivity index (χ3v) is 6.99. The molecule has 5 atom stereocenters. The molecule has 3 aromatic carbocycles. The van der Waals surface area contributed by atoms with E-state index in [1.807, 2.05) is 5.40 Å². The number of carbonyl (C=O) groups is 3. The monoisotopic (exact) mass is 546 g/mol. The maximum atomic E-state index is 13.1. The first-order valence-corrected chi connectivity index (χ1v) is 13.0. The van der Waals surface area contributed by atoms with E-state index in [0.717, 1.165) is 11.8 Å². The number of hydrogen-bond donors (Lipinski definition) is 1. The molecule has 0 aromatic heterocycles. The fraction of sp³-hybridized carbons (Fsp3) is 0.241. The van der Waals surface area contributed by atoms with Crippen LogP contribution in [0.25, 0.3) is 0 Å². The Morgan fingerprint density at radius 3 is 1.95 bits per heavy atom. The molecule has 0 spiro atoms. The van der Waals surface area contributed by atoms with Crippen molar-refractivity contribution in [1.29, 1.82) is 5.26 Å². The largest absolute Gasteiger partial charge is 0.459 e. The van der Waals surface area contributed by atoms with E-state index in [1.165, 1.54) is 7.11 Å². The van der Waals surface area contributed by atoms with Gasteiger partial charge in [-0.1, -0.05) is 54.6 Å². The molecule has 1 amide bonds. The summed E-state index contributed by atoms with van der Waals surface area (Å²) in [6, 6.07) is 24.3. The summed E-state index contributed by atoms with van der Waals surface area (Å²) in [6.07, 6.45) is -3.05. The number of thioether (sulfide) groups is 1. The van der Waals surface area contributed by atoms with Crippen LogP contribution in [0.3, 0.4) is 0 Å². The molecule has 4 rings (SSSR count). The first-order chi connectivity index (χ1) is 19.0. The molecule has 1 fully saturated rings. The highest BCUT2D eigenvalue weighted by molar-refractivity contribution is 8.04. The number of thiocyanates is 1. The second-order valence-corrected chi connectivity index (χ2v) is 9.48. The third kappa shape index (κ3) is 7.03. The van der Waals surface area contributed by atoms with Crippen molar-refractivity contribution in [3.05, 3.63) is 108 Å². The molecule has 39 heavy (non-hydrogen) atoms. The molecule has 0 radical (unpaired) electrons. The van der Waals surface area contributed by atoms with Crippen LogP contribution in [0.15, 0.2) is 91.0 Å². The number of nitriles is 1. The van der Waals surface area contributed by atoms with E-state index >= 15 is 0 Å². The van der Waals surface area contributed by atoms with Crippen LogP contribution in [0.4, 0.5) is 0 Å². The molecule has 1 aliphatic rings. The highest BCUT2D eigenvalue weighted by Gasteiger charge is 2.50. The molecular weight excluding hydrogens is 520 g/mol. The Balaban J connectivity index is 1.62. The number of amides is 1. The predicted molar refractivity (Wildman–Crippen MR) is 143 cm³/mol. The van der Waals surface area contributed by atoms with Gasteiger partial charge in [0.15, 0.2) is 6.29 Å². The van der Waals surface area contributed by atoms with E-state index in [0.29, 0.717) is 16.7 Å². The van der Waals surface area contributed by atoms with Crippen molar-refractivity contribution in [2.24, 2.45) is 0 Å². The third-order valence-electron chi connectivity index (χ3n) is 6.04. The number of nitrogens with zero attached hydrogens (tertiary/aromatic N) is 1. The Kier molecular flexibility index (Phi) is 9.69. The van der Waals surface area contributed by atoms with Crippen LogP contribution in [0.2, 0.25) is 0 Å². The van der Waals surface area contributed by atoms with Crippen molar-refractivity contribution in [3.63, 3.8) is 0 Å². The lowest BCUT2D eigenvalue weighted by molar-refractivity contribution is -0.221. The van der Waals surface area contributed by atoms with Gasteiger partial charge in [0.2, 0.25) is 0 Å². The summed E-state index contributed by atoms with van der Waals surface area (Å²) in [5, 5.41) is 13.7. The quantitative estimate of drug-likeness (QED) is 0.315. The molecule has 1 saturated heterocycles. The van der Waals surface area contributed by atoms with Gasteiger partial charge in [-0.3, -0.25) is 4.79 Å². The van der Waals surface area contributed by atoms with Gasteiger partial charge in [0, 0.05) is 12.7 Å². The number of methoxy groups -OCH3 is 1. The normalized spacial score (nSPS) is 22.2. The topological polar surface area (TPSA) is 124 Å². The Morgan fingerprint density at radius 1 is 0.872 bits per heavy atom. The maximum absolute atomic E-state index is 13.1. The van der Waals surface area contributed by atoms with Crippen LogP contribution in [-0.4, -0.2) is 61.4 Å². The summed E-state index contributed by atoms with van der Waals surface area (Å²) in [5.41, 5.74) is 1.02. The van der Waals surface area contributed by atoms with Crippen molar-refractivity contribution >= 4 is 29.6 Å². The number of ether oxygens (including phenoxy) is 4. The summed E-state index contributed by atoms with van der Waals surface area (Å²) in [7, 11) is 1.38. The number of nitrogens with one attached hydrogen (secondary N) is 1. The molecule has 0 aliphatic carbocycles. The minimum atomic E-state index is -1.08. The zero-order valence-corrected chi connectivity index (χ0v) is 21.8. The van der Waals surface area contributed by atoms with E-state index in [-0.39, 0.29) is 6.61 Å². The average molecular weight is 547 g/mol. The zero-order chi connectivity index (χ0) is 27.6. The summed E-state index contributed by atoms with van der Waals surface area (Å²) in [6.45, 7) is -0.244. The Hall–Kier alpha value is -4.17. The van der Waals surface area contributed by atoms with Crippen molar-refractivity contribution in [2.75, 3.05) is 13.7 Å². The molecule has 200 valence electrons. The second-order valence-electron chi connectivity index (χ2n) is 8.52. The Morgan fingerprint density at radius 2 is 1.41 bits per heavy atom. The van der Waals surface area contributed by atoms with Gasteiger partial charge >= 0.3 is 11.9 Å². The standard InChI is InChI=1S/C29H26N2O7S/c1-35-29-23(31-26(32)19-11-5-2-6-12-19)24(38-28(34)21-15-9-4-10-16-21)25(39-18-30)22(37-29)17-36-27(33)20-13-7-3-8-14-20/h2-16,22-25,29H,17H2,1H3,(H,31,32)/t22-,23-,24-,25+,29+/m1/s1. The summed E-state index contributed by atoms with van der Waals surface area (Å²) in [5.74, 6) is -1.67. The smallest absolute Gasteiger partial charge is 0.338 e. The fourth-order valence-corrected chi connectivity index (χ4v) is 4.92. The Bertz CT molecular complexity index is 1300. The molecule has 3 aromatic rings. The first kappa shape index (κ1) is 27.9. The number of benzene rings is 3. The summed E-state index contributed by atoms with van der Waals surface area (Å²) >= 11 is 0.797. The lowest BCUT2D eigenvalue weighted by atomic mass is 9.98. The van der Waals surface area contributed by atoms with Crippen LogP contribution in [0.5, 0.6) is 0 Å². The van der Waals surface area contributed by atoms with Crippen molar-refractivity contribution in [3.8, 4) is 5.40 Å².